The molecule has 0 fully saturated rings. The maximum atomic E-state index is 3.21. The SMILES string of the molecule is CCN(CC)CCCN(CC)CCCCNC. The number of nitrogens with zero attached hydrogens (tertiary/aromatic N) is 2. The van der Waals surface area contributed by atoms with Crippen molar-refractivity contribution in [2.75, 3.05) is 52.9 Å². The Bertz CT molecular complexity index is 146. The maximum absolute atomic E-state index is 3.21. The van der Waals surface area contributed by atoms with Crippen LogP contribution < -0.4 is 5.32 Å². The highest BCUT2D eigenvalue weighted by Crippen LogP contribution is 1.98. The molecule has 0 aromatic carbocycles. The minimum atomic E-state index is 1.15. The number of rotatable bonds is 12. The molecule has 0 bridgehead atoms. The van der Waals surface area contributed by atoms with Gasteiger partial charge in [0.15, 0.2) is 0 Å². The van der Waals surface area contributed by atoms with E-state index in [-0.39, 0.29) is 0 Å². The second kappa shape index (κ2) is 12.3. The third-order valence-corrected chi connectivity index (χ3v) is 3.44. The van der Waals surface area contributed by atoms with Gasteiger partial charge < -0.3 is 15.1 Å². The molecule has 0 spiro atoms. The van der Waals surface area contributed by atoms with Gasteiger partial charge >= 0.3 is 0 Å². The van der Waals surface area contributed by atoms with Crippen LogP contribution in [0.15, 0.2) is 0 Å². The van der Waals surface area contributed by atoms with Crippen molar-refractivity contribution >= 4 is 0 Å². The lowest BCUT2D eigenvalue weighted by molar-refractivity contribution is 0.240. The van der Waals surface area contributed by atoms with E-state index in [1.54, 1.807) is 0 Å². The first-order valence-corrected chi connectivity index (χ1v) is 7.37. The molecule has 104 valence electrons. The van der Waals surface area contributed by atoms with Crippen molar-refractivity contribution in [2.24, 2.45) is 0 Å². The summed E-state index contributed by atoms with van der Waals surface area (Å²) < 4.78 is 0. The van der Waals surface area contributed by atoms with Gasteiger partial charge in [0.25, 0.3) is 0 Å². The molecule has 0 amide bonds. The third-order valence-electron chi connectivity index (χ3n) is 3.44. The molecule has 0 saturated carbocycles. The smallest absolute Gasteiger partial charge is 0.000666 e. The van der Waals surface area contributed by atoms with E-state index in [0.29, 0.717) is 0 Å². The Labute approximate surface area is 109 Å². The van der Waals surface area contributed by atoms with Crippen LogP contribution in [0.1, 0.15) is 40.0 Å². The highest BCUT2D eigenvalue weighted by Gasteiger charge is 2.03. The molecule has 0 aromatic rings. The lowest BCUT2D eigenvalue weighted by atomic mass is 10.2. The van der Waals surface area contributed by atoms with Crippen molar-refractivity contribution in [2.45, 2.75) is 40.0 Å². The number of hydrogen-bond acceptors (Lipinski definition) is 3. The summed E-state index contributed by atoms with van der Waals surface area (Å²) in [7, 11) is 2.03. The van der Waals surface area contributed by atoms with E-state index in [1.165, 1.54) is 58.5 Å². The second-order valence-corrected chi connectivity index (χ2v) is 4.63. The average Bonchev–Trinajstić information content (AvgIpc) is 2.37. The van der Waals surface area contributed by atoms with E-state index in [0.717, 1.165) is 6.54 Å². The van der Waals surface area contributed by atoms with Crippen molar-refractivity contribution in [3.05, 3.63) is 0 Å². The number of unbranched alkanes of at least 4 members (excludes halogenated alkanes) is 1. The largest absolute Gasteiger partial charge is 0.320 e. The number of hydrogen-bond donors (Lipinski definition) is 1. The molecule has 0 aromatic heterocycles. The fourth-order valence-corrected chi connectivity index (χ4v) is 2.12. The molecule has 1 N–H and O–H groups in total. The molecule has 3 heteroatoms. The van der Waals surface area contributed by atoms with Crippen molar-refractivity contribution in [3.63, 3.8) is 0 Å². The van der Waals surface area contributed by atoms with Gasteiger partial charge in [-0.25, -0.2) is 0 Å². The summed E-state index contributed by atoms with van der Waals surface area (Å²) in [5, 5.41) is 3.21. The van der Waals surface area contributed by atoms with E-state index in [9.17, 15) is 0 Å². The fraction of sp³-hybridized carbons (Fsp3) is 1.00. The highest BCUT2D eigenvalue weighted by atomic mass is 15.1. The van der Waals surface area contributed by atoms with Crippen LogP contribution in [0, 0.1) is 0 Å². The average molecular weight is 243 g/mol. The van der Waals surface area contributed by atoms with Gasteiger partial charge in [-0.15, -0.1) is 0 Å². The summed E-state index contributed by atoms with van der Waals surface area (Å²) in [6.45, 7) is 15.3. The van der Waals surface area contributed by atoms with Gasteiger partial charge in [-0.1, -0.05) is 20.8 Å². The van der Waals surface area contributed by atoms with Crippen LogP contribution in [0.2, 0.25) is 0 Å². The molecule has 0 saturated heterocycles. The molecule has 0 heterocycles. The van der Waals surface area contributed by atoms with Gasteiger partial charge in [-0.3, -0.25) is 0 Å². The molecule has 0 aliphatic carbocycles. The molecule has 0 atom stereocenters. The Morgan fingerprint density at radius 1 is 0.706 bits per heavy atom. The Balaban J connectivity index is 3.53. The van der Waals surface area contributed by atoms with Crippen LogP contribution >= 0.6 is 0 Å². The van der Waals surface area contributed by atoms with Crippen LogP contribution in [0.25, 0.3) is 0 Å². The Morgan fingerprint density at radius 3 is 1.76 bits per heavy atom. The summed E-state index contributed by atoms with van der Waals surface area (Å²) >= 11 is 0. The second-order valence-electron chi connectivity index (χ2n) is 4.63. The maximum Gasteiger partial charge on any atom is -0.000666 e. The van der Waals surface area contributed by atoms with E-state index >= 15 is 0 Å². The molecule has 0 rings (SSSR count). The standard InChI is InChI=1S/C14H33N3/c1-5-16(6-2)13-10-14-17(7-3)12-9-8-11-15-4/h15H,5-14H2,1-4H3. The van der Waals surface area contributed by atoms with Crippen LogP contribution in [0.3, 0.4) is 0 Å². The minimum Gasteiger partial charge on any atom is -0.320 e. The van der Waals surface area contributed by atoms with Gasteiger partial charge in [-0.2, -0.15) is 0 Å². The molecule has 0 unspecified atom stereocenters. The van der Waals surface area contributed by atoms with Gasteiger partial charge in [-0.05, 0) is 72.1 Å². The van der Waals surface area contributed by atoms with Crippen LogP contribution in [0.5, 0.6) is 0 Å². The van der Waals surface area contributed by atoms with Crippen molar-refractivity contribution in [1.29, 1.82) is 0 Å². The normalized spacial score (nSPS) is 11.6. The summed E-state index contributed by atoms with van der Waals surface area (Å²) in [4.78, 5) is 5.09. The van der Waals surface area contributed by atoms with Crippen molar-refractivity contribution in [3.8, 4) is 0 Å². The third kappa shape index (κ3) is 9.57. The van der Waals surface area contributed by atoms with E-state index in [1.807, 2.05) is 7.05 Å². The predicted octanol–water partition coefficient (Wildman–Crippen LogP) is 2.04. The Kier molecular flexibility index (Phi) is 12.3. The first-order chi connectivity index (χ1) is 8.28. The molecular weight excluding hydrogens is 210 g/mol. The minimum absolute atomic E-state index is 1.15. The summed E-state index contributed by atoms with van der Waals surface area (Å²) in [5.74, 6) is 0. The topological polar surface area (TPSA) is 18.5 Å². The Morgan fingerprint density at radius 2 is 1.24 bits per heavy atom. The van der Waals surface area contributed by atoms with Gasteiger partial charge in [0.05, 0.1) is 0 Å². The van der Waals surface area contributed by atoms with Crippen LogP contribution in [-0.4, -0.2) is 62.7 Å². The van der Waals surface area contributed by atoms with Crippen LogP contribution in [0.4, 0.5) is 0 Å². The summed E-state index contributed by atoms with van der Waals surface area (Å²) in [6, 6.07) is 0. The first kappa shape index (κ1) is 16.9. The summed E-state index contributed by atoms with van der Waals surface area (Å²) in [5.41, 5.74) is 0. The first-order valence-electron chi connectivity index (χ1n) is 7.37. The zero-order valence-corrected chi connectivity index (χ0v) is 12.5. The molecular formula is C14H33N3. The van der Waals surface area contributed by atoms with Crippen molar-refractivity contribution in [1.82, 2.24) is 15.1 Å². The van der Waals surface area contributed by atoms with Crippen LogP contribution in [-0.2, 0) is 0 Å². The van der Waals surface area contributed by atoms with Gasteiger partial charge in [0.2, 0.25) is 0 Å². The predicted molar refractivity (Wildman–Crippen MR) is 77.7 cm³/mol. The molecule has 0 aliphatic heterocycles. The molecule has 0 radical (unpaired) electrons. The van der Waals surface area contributed by atoms with Crippen molar-refractivity contribution < 1.29 is 0 Å². The molecule has 17 heavy (non-hydrogen) atoms. The van der Waals surface area contributed by atoms with E-state index < -0.39 is 0 Å². The highest BCUT2D eigenvalue weighted by molar-refractivity contribution is 4.59. The quantitative estimate of drug-likeness (QED) is 0.529. The monoisotopic (exact) mass is 243 g/mol. The lowest BCUT2D eigenvalue weighted by Crippen LogP contribution is -2.30. The zero-order valence-electron chi connectivity index (χ0n) is 12.5. The van der Waals surface area contributed by atoms with E-state index in [2.05, 4.69) is 35.9 Å². The van der Waals surface area contributed by atoms with Gasteiger partial charge in [0.1, 0.15) is 0 Å². The molecule has 3 nitrogen and oxygen atoms in total. The molecule has 0 aliphatic rings. The van der Waals surface area contributed by atoms with E-state index in [4.69, 9.17) is 0 Å². The Hall–Kier alpha value is -0.120. The fourth-order valence-electron chi connectivity index (χ4n) is 2.12. The summed E-state index contributed by atoms with van der Waals surface area (Å²) in [6.07, 6.45) is 3.92. The number of nitrogens with one attached hydrogen (secondary N) is 1. The van der Waals surface area contributed by atoms with Gasteiger partial charge in [0, 0.05) is 0 Å². The lowest BCUT2D eigenvalue weighted by Gasteiger charge is -2.23. The zero-order chi connectivity index (χ0) is 12.9.